The lowest BCUT2D eigenvalue weighted by Gasteiger charge is -2.47. The third-order valence-corrected chi connectivity index (χ3v) is 4.89. The number of hydrogen-bond donors (Lipinski definition) is 9. The first-order chi connectivity index (χ1) is 14.1. The van der Waals surface area contributed by atoms with Crippen molar-refractivity contribution in [2.75, 3.05) is 19.8 Å². The summed E-state index contributed by atoms with van der Waals surface area (Å²) in [6.45, 7) is -1.22. The van der Waals surface area contributed by atoms with E-state index >= 15 is 0 Å². The van der Waals surface area contributed by atoms with Crippen LogP contribution in [0.3, 0.4) is 0 Å². The maximum Gasteiger partial charge on any atom is 0.246 e. The van der Waals surface area contributed by atoms with E-state index in [9.17, 15) is 40.2 Å². The molecule has 2 heterocycles. The monoisotopic (exact) mass is 440 g/mol. The van der Waals surface area contributed by atoms with Gasteiger partial charge in [0.2, 0.25) is 11.8 Å². The molecule has 9 N–H and O–H groups in total. The maximum absolute atomic E-state index is 11.5. The molecule has 0 bridgehead atoms. The fraction of sp³-hybridized carbons (Fsp3) is 0.875. The molecular formula is C16H28N2O12. The van der Waals surface area contributed by atoms with Gasteiger partial charge in [-0.1, -0.05) is 0 Å². The first kappa shape index (κ1) is 24.8. The van der Waals surface area contributed by atoms with E-state index in [2.05, 4.69) is 10.6 Å². The average molecular weight is 440 g/mol. The van der Waals surface area contributed by atoms with Crippen LogP contribution in [0.1, 0.15) is 6.92 Å². The van der Waals surface area contributed by atoms with Gasteiger partial charge in [-0.3, -0.25) is 9.59 Å². The van der Waals surface area contributed by atoms with Gasteiger partial charge in [0.25, 0.3) is 0 Å². The summed E-state index contributed by atoms with van der Waals surface area (Å²) in [4.78, 5) is 23.0. The molecule has 2 amide bonds. The third kappa shape index (κ3) is 5.42. The Labute approximate surface area is 171 Å². The van der Waals surface area contributed by atoms with Crippen LogP contribution in [0.15, 0.2) is 0 Å². The number of ether oxygens (including phenoxy) is 3. The van der Waals surface area contributed by atoms with Crippen molar-refractivity contribution in [3.05, 3.63) is 0 Å². The van der Waals surface area contributed by atoms with Crippen molar-refractivity contribution in [3.8, 4) is 0 Å². The zero-order chi connectivity index (χ0) is 22.6. The highest BCUT2D eigenvalue weighted by atomic mass is 16.7. The molecule has 0 aliphatic carbocycles. The largest absolute Gasteiger partial charge is 0.394 e. The molecule has 1 unspecified atom stereocenters. The molecule has 30 heavy (non-hydrogen) atoms. The molecular weight excluding hydrogens is 412 g/mol. The van der Waals surface area contributed by atoms with E-state index in [4.69, 9.17) is 19.3 Å². The predicted molar refractivity (Wildman–Crippen MR) is 93.2 cm³/mol. The van der Waals surface area contributed by atoms with Crippen LogP contribution in [-0.2, 0) is 23.8 Å². The van der Waals surface area contributed by atoms with Crippen molar-refractivity contribution in [2.45, 2.75) is 68.2 Å². The summed E-state index contributed by atoms with van der Waals surface area (Å²) < 4.78 is 16.2. The van der Waals surface area contributed by atoms with Gasteiger partial charge in [-0.15, -0.1) is 0 Å². The predicted octanol–water partition coefficient (Wildman–Crippen LogP) is -6.14. The van der Waals surface area contributed by atoms with E-state index < -0.39 is 92.9 Å². The molecule has 2 fully saturated rings. The first-order valence-electron chi connectivity index (χ1n) is 9.22. The van der Waals surface area contributed by atoms with Crippen molar-refractivity contribution >= 4 is 11.8 Å². The second-order valence-corrected chi connectivity index (χ2v) is 7.02. The van der Waals surface area contributed by atoms with Crippen LogP contribution in [0.4, 0.5) is 0 Å². The number of aliphatic hydroxyl groups excluding tert-OH is 7. The average Bonchev–Trinajstić information content (AvgIpc) is 2.71. The maximum atomic E-state index is 11.5. The highest BCUT2D eigenvalue weighted by Crippen LogP contribution is 2.28. The second-order valence-electron chi connectivity index (χ2n) is 7.02. The minimum atomic E-state index is -1.75. The van der Waals surface area contributed by atoms with E-state index in [1.54, 1.807) is 0 Å². The Morgan fingerprint density at radius 2 is 1.50 bits per heavy atom. The molecule has 2 saturated heterocycles. The van der Waals surface area contributed by atoms with Crippen LogP contribution in [0.25, 0.3) is 0 Å². The van der Waals surface area contributed by atoms with Crippen molar-refractivity contribution < 1.29 is 59.5 Å². The Kier molecular flexibility index (Phi) is 8.86. The van der Waals surface area contributed by atoms with Crippen LogP contribution < -0.4 is 10.6 Å². The molecule has 10 atom stereocenters. The fourth-order valence-corrected chi connectivity index (χ4v) is 3.38. The molecule has 2 aliphatic heterocycles. The molecule has 0 radical (unpaired) electrons. The summed E-state index contributed by atoms with van der Waals surface area (Å²) in [5.74, 6) is -1.53. The van der Waals surface area contributed by atoms with Gasteiger partial charge in [-0.05, 0) is 0 Å². The van der Waals surface area contributed by atoms with Crippen molar-refractivity contribution in [1.82, 2.24) is 10.6 Å². The smallest absolute Gasteiger partial charge is 0.246 e. The molecule has 2 rings (SSSR count). The van der Waals surface area contributed by atoms with E-state index in [0.29, 0.717) is 0 Å². The SMILES string of the molecule is CC(=O)N[C@H]1[C@H](O[C@H]2[C@H](O)[C@@H](NC(=O)CO)C(O)O[C@@H]2CO)O[C@H](CO)[C@@H](O)[C@@H]1O. The van der Waals surface area contributed by atoms with Crippen LogP contribution in [0, 0.1) is 0 Å². The van der Waals surface area contributed by atoms with Crippen molar-refractivity contribution in [3.63, 3.8) is 0 Å². The Morgan fingerprint density at radius 3 is 2.03 bits per heavy atom. The number of carbonyl (C=O) groups is 2. The van der Waals surface area contributed by atoms with Crippen LogP contribution in [0.2, 0.25) is 0 Å². The van der Waals surface area contributed by atoms with Gasteiger partial charge in [-0.2, -0.15) is 0 Å². The molecule has 174 valence electrons. The van der Waals surface area contributed by atoms with Gasteiger partial charge < -0.3 is 60.6 Å². The van der Waals surface area contributed by atoms with Crippen LogP contribution >= 0.6 is 0 Å². The summed E-state index contributed by atoms with van der Waals surface area (Å²) in [5, 5.41) is 73.2. The van der Waals surface area contributed by atoms with Crippen molar-refractivity contribution in [1.29, 1.82) is 0 Å². The van der Waals surface area contributed by atoms with Gasteiger partial charge in [-0.25, -0.2) is 0 Å². The molecule has 14 heteroatoms. The summed E-state index contributed by atoms with van der Waals surface area (Å²) >= 11 is 0. The van der Waals surface area contributed by atoms with E-state index in [-0.39, 0.29) is 0 Å². The Balaban J connectivity index is 2.26. The quantitative estimate of drug-likeness (QED) is 0.180. The van der Waals surface area contributed by atoms with E-state index in [1.807, 2.05) is 0 Å². The fourth-order valence-electron chi connectivity index (χ4n) is 3.38. The van der Waals surface area contributed by atoms with Crippen molar-refractivity contribution in [2.24, 2.45) is 0 Å². The zero-order valence-corrected chi connectivity index (χ0v) is 16.1. The number of amides is 2. The van der Waals surface area contributed by atoms with E-state index in [1.165, 1.54) is 0 Å². The Morgan fingerprint density at radius 1 is 0.867 bits per heavy atom. The highest BCUT2D eigenvalue weighted by Gasteiger charge is 2.51. The zero-order valence-electron chi connectivity index (χ0n) is 16.1. The lowest BCUT2D eigenvalue weighted by atomic mass is 9.94. The number of aliphatic hydroxyl groups is 7. The number of rotatable bonds is 7. The molecule has 2 aliphatic rings. The third-order valence-electron chi connectivity index (χ3n) is 4.89. The summed E-state index contributed by atoms with van der Waals surface area (Å²) in [6.07, 6.45) is -12.2. The van der Waals surface area contributed by atoms with Gasteiger partial charge in [0, 0.05) is 6.92 Å². The normalized spacial score (nSPS) is 41.9. The van der Waals surface area contributed by atoms with Crippen LogP contribution in [0.5, 0.6) is 0 Å². The summed E-state index contributed by atoms with van der Waals surface area (Å²) in [6, 6.07) is -2.78. The van der Waals surface area contributed by atoms with Gasteiger partial charge in [0.05, 0.1) is 13.2 Å². The first-order valence-corrected chi connectivity index (χ1v) is 9.22. The molecule has 0 aromatic heterocycles. The minimum Gasteiger partial charge on any atom is -0.394 e. The lowest BCUT2D eigenvalue weighted by molar-refractivity contribution is -0.327. The highest BCUT2D eigenvalue weighted by molar-refractivity contribution is 5.77. The number of nitrogens with one attached hydrogen (secondary N) is 2. The molecule has 0 aromatic rings. The van der Waals surface area contributed by atoms with Gasteiger partial charge in [0.1, 0.15) is 55.3 Å². The van der Waals surface area contributed by atoms with E-state index in [0.717, 1.165) is 6.92 Å². The second kappa shape index (κ2) is 10.7. The standard InChI is InChI=1S/C16H28N2O12/c1-5(22)17-10-12(25)11(24)6(2-19)29-16(10)30-14-7(3-20)28-15(27)9(13(14)26)18-8(23)4-21/h6-7,9-16,19-21,24-27H,2-4H2,1H3,(H,17,22)(H,18,23)/t6-,7-,9-,10-,11-,12-,13-,14-,15?,16+/m1/s1. The summed E-state index contributed by atoms with van der Waals surface area (Å²) in [5.41, 5.74) is 0. The summed E-state index contributed by atoms with van der Waals surface area (Å²) in [7, 11) is 0. The molecule has 0 aromatic carbocycles. The van der Waals surface area contributed by atoms with Crippen LogP contribution in [-0.4, -0.2) is 129 Å². The van der Waals surface area contributed by atoms with Gasteiger partial charge >= 0.3 is 0 Å². The van der Waals surface area contributed by atoms with Gasteiger partial charge in [0.15, 0.2) is 12.6 Å². The lowest BCUT2D eigenvalue weighted by Crippen LogP contribution is -2.69. The molecule has 0 saturated carbocycles. The Bertz CT molecular complexity index is 595. The number of carbonyl (C=O) groups excluding carboxylic acids is 2. The minimum absolute atomic E-state index is 0.603. The Hall–Kier alpha value is -1.46. The molecule has 14 nitrogen and oxygen atoms in total. The topological polar surface area (TPSA) is 227 Å². The number of hydrogen-bond acceptors (Lipinski definition) is 12. The molecule has 0 spiro atoms.